The Morgan fingerprint density at radius 1 is 1.17 bits per heavy atom. The molecule has 0 amide bonds. The second-order valence-corrected chi connectivity index (χ2v) is 4.22. The van der Waals surface area contributed by atoms with Crippen LogP contribution in [0, 0.1) is 6.92 Å². The Morgan fingerprint density at radius 2 is 2.06 bits per heavy atom. The summed E-state index contributed by atoms with van der Waals surface area (Å²) in [6, 6.07) is 9.93. The monoisotopic (exact) mass is 242 g/mol. The van der Waals surface area contributed by atoms with Crippen LogP contribution in [0.3, 0.4) is 0 Å². The number of para-hydroxylation sites is 1. The molecule has 0 saturated heterocycles. The molecule has 0 bridgehead atoms. The maximum absolute atomic E-state index is 5.71. The molecule has 18 heavy (non-hydrogen) atoms. The first-order chi connectivity index (χ1) is 8.84. The molecule has 0 spiro atoms. The van der Waals surface area contributed by atoms with Crippen LogP contribution in [-0.2, 0) is 13.1 Å². The standard InChI is InChI=1S/C14H14N2O2/c1-10-13(9-15-8-11-6-7-16-18-11)12-4-2-3-5-14(12)17-10/h2-7,15H,8-9H2,1H3. The largest absolute Gasteiger partial charge is 0.461 e. The van der Waals surface area contributed by atoms with Crippen molar-refractivity contribution < 1.29 is 8.94 Å². The second-order valence-electron chi connectivity index (χ2n) is 4.22. The molecule has 3 rings (SSSR count). The number of aromatic nitrogens is 1. The Morgan fingerprint density at radius 3 is 2.89 bits per heavy atom. The molecule has 0 aliphatic heterocycles. The first kappa shape index (κ1) is 11.0. The molecule has 92 valence electrons. The normalized spacial score (nSPS) is 11.2. The van der Waals surface area contributed by atoms with Gasteiger partial charge in [0.15, 0.2) is 0 Å². The molecule has 2 aromatic heterocycles. The van der Waals surface area contributed by atoms with Crippen molar-refractivity contribution in [1.82, 2.24) is 10.5 Å². The van der Waals surface area contributed by atoms with Crippen LogP contribution in [0.5, 0.6) is 0 Å². The summed E-state index contributed by atoms with van der Waals surface area (Å²) < 4.78 is 10.7. The van der Waals surface area contributed by atoms with Crippen molar-refractivity contribution in [2.24, 2.45) is 0 Å². The minimum absolute atomic E-state index is 0.666. The zero-order valence-electron chi connectivity index (χ0n) is 10.1. The van der Waals surface area contributed by atoms with Crippen molar-refractivity contribution in [2.75, 3.05) is 0 Å². The van der Waals surface area contributed by atoms with E-state index in [2.05, 4.69) is 16.5 Å². The molecule has 0 aliphatic carbocycles. The van der Waals surface area contributed by atoms with E-state index in [0.717, 1.165) is 23.6 Å². The smallest absolute Gasteiger partial charge is 0.150 e. The van der Waals surface area contributed by atoms with Crippen LogP contribution in [0.4, 0.5) is 0 Å². The molecule has 0 radical (unpaired) electrons. The number of nitrogens with zero attached hydrogens (tertiary/aromatic N) is 1. The highest BCUT2D eigenvalue weighted by Gasteiger charge is 2.09. The van der Waals surface area contributed by atoms with Gasteiger partial charge in [-0.3, -0.25) is 0 Å². The minimum atomic E-state index is 0.666. The average Bonchev–Trinajstić information content (AvgIpc) is 2.98. The summed E-state index contributed by atoms with van der Waals surface area (Å²) in [7, 11) is 0. The predicted octanol–water partition coefficient (Wildman–Crippen LogP) is 3.02. The third-order valence-electron chi connectivity index (χ3n) is 2.99. The van der Waals surface area contributed by atoms with Gasteiger partial charge in [0, 0.05) is 23.6 Å². The van der Waals surface area contributed by atoms with Gasteiger partial charge in [0.1, 0.15) is 17.1 Å². The quantitative estimate of drug-likeness (QED) is 0.764. The lowest BCUT2D eigenvalue weighted by atomic mass is 10.1. The van der Waals surface area contributed by atoms with Gasteiger partial charge in [0.25, 0.3) is 0 Å². The second kappa shape index (κ2) is 4.66. The van der Waals surface area contributed by atoms with E-state index >= 15 is 0 Å². The highest BCUT2D eigenvalue weighted by molar-refractivity contribution is 5.82. The summed E-state index contributed by atoms with van der Waals surface area (Å²) >= 11 is 0. The number of aryl methyl sites for hydroxylation is 1. The number of rotatable bonds is 4. The summed E-state index contributed by atoms with van der Waals surface area (Å²) in [5.41, 5.74) is 2.14. The highest BCUT2D eigenvalue weighted by atomic mass is 16.5. The van der Waals surface area contributed by atoms with E-state index in [1.165, 1.54) is 10.9 Å². The Bertz CT molecular complexity index is 641. The van der Waals surface area contributed by atoms with Gasteiger partial charge in [-0.2, -0.15) is 0 Å². The molecule has 4 heteroatoms. The van der Waals surface area contributed by atoms with E-state index in [1.807, 2.05) is 31.2 Å². The van der Waals surface area contributed by atoms with Crippen LogP contribution in [0.1, 0.15) is 17.1 Å². The van der Waals surface area contributed by atoms with Crippen LogP contribution in [0.15, 0.2) is 45.5 Å². The van der Waals surface area contributed by atoms with Crippen molar-refractivity contribution in [3.8, 4) is 0 Å². The zero-order chi connectivity index (χ0) is 12.4. The van der Waals surface area contributed by atoms with Crippen molar-refractivity contribution >= 4 is 11.0 Å². The minimum Gasteiger partial charge on any atom is -0.461 e. The lowest BCUT2D eigenvalue weighted by Gasteiger charge is -2.01. The zero-order valence-corrected chi connectivity index (χ0v) is 10.1. The van der Waals surface area contributed by atoms with E-state index in [-0.39, 0.29) is 0 Å². The van der Waals surface area contributed by atoms with Gasteiger partial charge in [-0.1, -0.05) is 23.4 Å². The van der Waals surface area contributed by atoms with Gasteiger partial charge >= 0.3 is 0 Å². The van der Waals surface area contributed by atoms with Crippen molar-refractivity contribution in [2.45, 2.75) is 20.0 Å². The van der Waals surface area contributed by atoms with E-state index in [0.29, 0.717) is 6.54 Å². The van der Waals surface area contributed by atoms with Gasteiger partial charge in [0.05, 0.1) is 12.7 Å². The Balaban J connectivity index is 1.76. The Kier molecular flexibility index (Phi) is 2.86. The van der Waals surface area contributed by atoms with E-state index in [4.69, 9.17) is 8.94 Å². The lowest BCUT2D eigenvalue weighted by molar-refractivity contribution is 0.372. The highest BCUT2D eigenvalue weighted by Crippen LogP contribution is 2.24. The van der Waals surface area contributed by atoms with Gasteiger partial charge in [-0.25, -0.2) is 0 Å². The number of hydrogen-bond acceptors (Lipinski definition) is 4. The molecular weight excluding hydrogens is 228 g/mol. The lowest BCUT2D eigenvalue weighted by Crippen LogP contribution is -2.12. The van der Waals surface area contributed by atoms with Gasteiger partial charge in [0.2, 0.25) is 0 Å². The molecular formula is C14H14N2O2. The van der Waals surface area contributed by atoms with Crippen molar-refractivity contribution in [3.63, 3.8) is 0 Å². The van der Waals surface area contributed by atoms with Crippen LogP contribution < -0.4 is 5.32 Å². The van der Waals surface area contributed by atoms with Crippen LogP contribution in [0.25, 0.3) is 11.0 Å². The molecule has 0 atom stereocenters. The first-order valence-corrected chi connectivity index (χ1v) is 5.92. The fraction of sp³-hybridized carbons (Fsp3) is 0.214. The first-order valence-electron chi connectivity index (χ1n) is 5.92. The molecule has 1 N–H and O–H groups in total. The molecule has 2 heterocycles. The predicted molar refractivity (Wildman–Crippen MR) is 68.0 cm³/mol. The summed E-state index contributed by atoms with van der Waals surface area (Å²) in [6.07, 6.45) is 1.65. The fourth-order valence-corrected chi connectivity index (χ4v) is 2.08. The van der Waals surface area contributed by atoms with Gasteiger partial charge in [-0.15, -0.1) is 0 Å². The van der Waals surface area contributed by atoms with Gasteiger partial charge in [-0.05, 0) is 13.0 Å². The Hall–Kier alpha value is -2.07. The number of fused-ring (bicyclic) bond motifs is 1. The van der Waals surface area contributed by atoms with Crippen LogP contribution >= 0.6 is 0 Å². The number of furan rings is 1. The summed E-state index contributed by atoms with van der Waals surface area (Å²) in [5, 5.41) is 8.17. The van der Waals surface area contributed by atoms with Crippen molar-refractivity contribution in [3.05, 3.63) is 53.6 Å². The molecule has 3 aromatic rings. The SMILES string of the molecule is Cc1oc2ccccc2c1CNCc1ccno1. The number of benzene rings is 1. The maximum atomic E-state index is 5.71. The molecule has 0 fully saturated rings. The van der Waals surface area contributed by atoms with Gasteiger partial charge < -0.3 is 14.3 Å². The Labute approximate surface area is 105 Å². The molecule has 1 aromatic carbocycles. The molecule has 4 nitrogen and oxygen atoms in total. The number of hydrogen-bond donors (Lipinski definition) is 1. The number of nitrogens with one attached hydrogen (secondary N) is 1. The van der Waals surface area contributed by atoms with E-state index < -0.39 is 0 Å². The third kappa shape index (κ3) is 2.02. The maximum Gasteiger partial charge on any atom is 0.150 e. The topological polar surface area (TPSA) is 51.2 Å². The van der Waals surface area contributed by atoms with Crippen molar-refractivity contribution in [1.29, 1.82) is 0 Å². The summed E-state index contributed by atoms with van der Waals surface area (Å²) in [6.45, 7) is 3.41. The van der Waals surface area contributed by atoms with Crippen LogP contribution in [0.2, 0.25) is 0 Å². The molecule has 0 saturated carbocycles. The van der Waals surface area contributed by atoms with E-state index in [1.54, 1.807) is 6.20 Å². The van der Waals surface area contributed by atoms with E-state index in [9.17, 15) is 0 Å². The summed E-state index contributed by atoms with van der Waals surface area (Å²) in [5.74, 6) is 1.79. The fourth-order valence-electron chi connectivity index (χ4n) is 2.08. The summed E-state index contributed by atoms with van der Waals surface area (Å²) in [4.78, 5) is 0. The molecule has 0 aliphatic rings. The van der Waals surface area contributed by atoms with Crippen LogP contribution in [-0.4, -0.2) is 5.16 Å². The molecule has 0 unspecified atom stereocenters. The average molecular weight is 242 g/mol. The third-order valence-corrected chi connectivity index (χ3v) is 2.99.